The maximum atomic E-state index is 13.7. The van der Waals surface area contributed by atoms with Crippen molar-refractivity contribution in [3.05, 3.63) is 82.2 Å². The van der Waals surface area contributed by atoms with E-state index in [1.54, 1.807) is 61.7 Å². The number of methoxy groups -OCH3 is 1. The molecule has 0 spiro atoms. The van der Waals surface area contributed by atoms with Crippen molar-refractivity contribution in [2.75, 3.05) is 19.0 Å². The van der Waals surface area contributed by atoms with Crippen LogP contribution >= 0.6 is 0 Å². The molecule has 0 aliphatic carbocycles. The van der Waals surface area contributed by atoms with Crippen LogP contribution in [0.2, 0.25) is 0 Å². The van der Waals surface area contributed by atoms with Gasteiger partial charge >= 0.3 is 6.18 Å². The number of hydrogen-bond acceptors (Lipinski definition) is 7. The largest absolute Gasteiger partial charge is 0.497 e. The van der Waals surface area contributed by atoms with Crippen LogP contribution in [0.25, 0.3) is 22.5 Å². The zero-order valence-corrected chi connectivity index (χ0v) is 19.1. The second-order valence-corrected chi connectivity index (χ2v) is 7.89. The second-order valence-electron chi connectivity index (χ2n) is 7.89. The molecule has 8 nitrogen and oxygen atoms in total. The smallest absolute Gasteiger partial charge is 0.401 e. The van der Waals surface area contributed by atoms with E-state index in [0.717, 1.165) is 6.21 Å². The molecule has 1 aliphatic heterocycles. The summed E-state index contributed by atoms with van der Waals surface area (Å²) in [7, 11) is 1.54. The highest BCUT2D eigenvalue weighted by atomic mass is 19.4. The molecular formula is C25H23F3N6O2. The van der Waals surface area contributed by atoms with Crippen LogP contribution in [0.15, 0.2) is 70.5 Å². The highest BCUT2D eigenvalue weighted by Crippen LogP contribution is 2.28. The number of aromatic nitrogens is 1. The number of benzene rings is 2. The summed E-state index contributed by atoms with van der Waals surface area (Å²) in [5.41, 5.74) is 8.59. The van der Waals surface area contributed by atoms with Gasteiger partial charge in [0.15, 0.2) is 6.29 Å². The molecule has 1 aromatic heterocycles. The van der Waals surface area contributed by atoms with Gasteiger partial charge in [0.2, 0.25) is 0 Å². The molecule has 0 saturated heterocycles. The maximum absolute atomic E-state index is 13.7. The Morgan fingerprint density at radius 1 is 1.22 bits per heavy atom. The van der Waals surface area contributed by atoms with Crippen LogP contribution in [-0.4, -0.2) is 43.1 Å². The summed E-state index contributed by atoms with van der Waals surface area (Å²) in [5, 5.41) is 12.4. The molecule has 0 amide bonds. The first kappa shape index (κ1) is 24.7. The number of pyridine rings is 1. The van der Waals surface area contributed by atoms with Crippen LogP contribution in [0.5, 0.6) is 5.75 Å². The molecule has 3 aromatic rings. The fourth-order valence-corrected chi connectivity index (χ4v) is 3.73. The Hall–Kier alpha value is -4.38. The SMILES string of the molecule is COc1ccc(-c2cc3c(n(-c4ccc(/C(N)=C/C=N)cc4)c2=O)NC(NCC(F)(F)F)N=C3)cc1. The number of anilines is 1. The highest BCUT2D eigenvalue weighted by Gasteiger charge is 2.29. The summed E-state index contributed by atoms with van der Waals surface area (Å²) in [6.45, 7) is -1.25. The van der Waals surface area contributed by atoms with E-state index < -0.39 is 19.0 Å². The van der Waals surface area contributed by atoms with Crippen molar-refractivity contribution in [1.82, 2.24) is 9.88 Å². The summed E-state index contributed by atoms with van der Waals surface area (Å²) in [4.78, 5) is 17.9. The van der Waals surface area contributed by atoms with E-state index in [9.17, 15) is 18.0 Å². The highest BCUT2D eigenvalue weighted by molar-refractivity contribution is 5.91. The van der Waals surface area contributed by atoms with Gasteiger partial charge in [-0.1, -0.05) is 24.3 Å². The Morgan fingerprint density at radius 2 is 1.92 bits per heavy atom. The number of allylic oxidation sites excluding steroid dienone is 1. The van der Waals surface area contributed by atoms with Gasteiger partial charge in [-0.15, -0.1) is 0 Å². The predicted octanol–water partition coefficient (Wildman–Crippen LogP) is 3.74. The molecule has 186 valence electrons. The molecule has 4 rings (SSSR count). The van der Waals surface area contributed by atoms with Crippen molar-refractivity contribution in [3.63, 3.8) is 0 Å². The van der Waals surface area contributed by atoms with Crippen LogP contribution in [0.3, 0.4) is 0 Å². The molecule has 1 unspecified atom stereocenters. The molecule has 1 aliphatic rings. The van der Waals surface area contributed by atoms with E-state index >= 15 is 0 Å². The number of halogens is 3. The van der Waals surface area contributed by atoms with E-state index in [1.807, 2.05) is 0 Å². The standard InChI is InChI=1S/C25H23F3N6O2/c1-36-19-8-4-15(5-9-19)20-12-17-13-31-24(32-14-25(26,27)28)33-22(17)34(23(20)35)18-6-2-16(3-7-18)21(30)10-11-29/h2-13,24,29,32-33H,14,30H2,1H3/b21-10-,29-11?. The van der Waals surface area contributed by atoms with Crippen molar-refractivity contribution >= 4 is 23.9 Å². The number of nitrogens with two attached hydrogens (primary N) is 1. The fraction of sp³-hybridized carbons (Fsp3) is 0.160. The number of ether oxygens (including phenoxy) is 1. The Labute approximate surface area is 204 Å². The average molecular weight is 496 g/mol. The minimum absolute atomic E-state index is 0.294. The molecule has 0 saturated carbocycles. The Bertz CT molecular complexity index is 1380. The minimum atomic E-state index is -4.42. The van der Waals surface area contributed by atoms with Gasteiger partial charge in [0, 0.05) is 29.3 Å². The lowest BCUT2D eigenvalue weighted by Gasteiger charge is -2.26. The molecule has 5 N–H and O–H groups in total. The number of fused-ring (bicyclic) bond motifs is 1. The van der Waals surface area contributed by atoms with Gasteiger partial charge in [-0.2, -0.15) is 13.2 Å². The number of rotatable bonds is 7. The Kier molecular flexibility index (Phi) is 6.93. The van der Waals surface area contributed by atoms with Gasteiger partial charge in [0.05, 0.1) is 19.3 Å². The first-order chi connectivity index (χ1) is 17.2. The minimum Gasteiger partial charge on any atom is -0.497 e. The Morgan fingerprint density at radius 3 is 2.53 bits per heavy atom. The predicted molar refractivity (Wildman–Crippen MR) is 134 cm³/mol. The molecular weight excluding hydrogens is 473 g/mol. The monoisotopic (exact) mass is 496 g/mol. The first-order valence-corrected chi connectivity index (χ1v) is 10.8. The molecule has 36 heavy (non-hydrogen) atoms. The maximum Gasteiger partial charge on any atom is 0.401 e. The van der Waals surface area contributed by atoms with Crippen molar-refractivity contribution in [1.29, 1.82) is 5.41 Å². The van der Waals surface area contributed by atoms with Gasteiger partial charge in [-0.05, 0) is 47.5 Å². The third-order valence-corrected chi connectivity index (χ3v) is 5.49. The van der Waals surface area contributed by atoms with Crippen molar-refractivity contribution in [2.24, 2.45) is 10.7 Å². The zero-order chi connectivity index (χ0) is 25.9. The van der Waals surface area contributed by atoms with Crippen LogP contribution in [0.4, 0.5) is 19.0 Å². The zero-order valence-electron chi connectivity index (χ0n) is 19.1. The van der Waals surface area contributed by atoms with E-state index in [1.165, 1.54) is 16.9 Å². The van der Waals surface area contributed by atoms with Crippen molar-refractivity contribution < 1.29 is 17.9 Å². The molecule has 1 atom stereocenters. The molecule has 11 heteroatoms. The van der Waals surface area contributed by atoms with E-state index in [2.05, 4.69) is 15.6 Å². The third kappa shape index (κ3) is 5.31. The second kappa shape index (κ2) is 10.1. The molecule has 0 fully saturated rings. The van der Waals surface area contributed by atoms with Crippen LogP contribution < -0.4 is 26.7 Å². The van der Waals surface area contributed by atoms with Gasteiger partial charge in [-0.25, -0.2) is 0 Å². The Balaban J connectivity index is 1.83. The fourth-order valence-electron chi connectivity index (χ4n) is 3.73. The quantitative estimate of drug-likeness (QED) is 0.372. The van der Waals surface area contributed by atoms with Crippen molar-refractivity contribution in [3.8, 4) is 22.6 Å². The number of hydrogen-bond donors (Lipinski definition) is 4. The van der Waals surface area contributed by atoms with E-state index in [-0.39, 0.29) is 5.56 Å². The number of alkyl halides is 3. The molecule has 0 radical (unpaired) electrons. The van der Waals surface area contributed by atoms with Gasteiger partial charge in [-0.3, -0.25) is 19.7 Å². The summed E-state index contributed by atoms with van der Waals surface area (Å²) in [6, 6.07) is 15.3. The summed E-state index contributed by atoms with van der Waals surface area (Å²) >= 11 is 0. The van der Waals surface area contributed by atoms with Gasteiger partial charge in [0.25, 0.3) is 5.56 Å². The summed E-state index contributed by atoms with van der Waals surface area (Å²) in [6.07, 6.45) is -1.57. The topological polar surface area (TPSA) is 118 Å². The lowest BCUT2D eigenvalue weighted by atomic mass is 10.0. The summed E-state index contributed by atoms with van der Waals surface area (Å²) < 4.78 is 44.8. The number of aliphatic imine (C=N–C) groups is 1. The van der Waals surface area contributed by atoms with Crippen LogP contribution in [-0.2, 0) is 0 Å². The van der Waals surface area contributed by atoms with E-state index in [0.29, 0.717) is 45.2 Å². The molecule has 2 heterocycles. The average Bonchev–Trinajstić information content (AvgIpc) is 2.87. The summed E-state index contributed by atoms with van der Waals surface area (Å²) in [5.74, 6) is 0.924. The van der Waals surface area contributed by atoms with E-state index in [4.69, 9.17) is 15.9 Å². The van der Waals surface area contributed by atoms with Crippen molar-refractivity contribution in [2.45, 2.75) is 12.5 Å². The van der Waals surface area contributed by atoms with Gasteiger partial charge < -0.3 is 21.2 Å². The number of nitrogens with one attached hydrogen (secondary N) is 3. The van der Waals surface area contributed by atoms with Crippen LogP contribution in [0, 0.1) is 5.41 Å². The lowest BCUT2D eigenvalue weighted by molar-refractivity contribution is -0.125. The lowest BCUT2D eigenvalue weighted by Crippen LogP contribution is -2.43. The molecule has 0 bridgehead atoms. The first-order valence-electron chi connectivity index (χ1n) is 10.8. The number of nitrogens with zero attached hydrogens (tertiary/aromatic N) is 2. The van der Waals surface area contributed by atoms with Gasteiger partial charge in [0.1, 0.15) is 11.6 Å². The van der Waals surface area contributed by atoms with Crippen LogP contribution in [0.1, 0.15) is 11.1 Å². The normalized spacial score (nSPS) is 15.2. The molecule has 2 aromatic carbocycles. The third-order valence-electron chi connectivity index (χ3n) is 5.49.